The zero-order chi connectivity index (χ0) is 19.8. The van der Waals surface area contributed by atoms with Crippen LogP contribution >= 0.6 is 0 Å². The van der Waals surface area contributed by atoms with Crippen LogP contribution in [0.4, 0.5) is 11.4 Å². The smallest absolute Gasteiger partial charge is 0.0494 e. The van der Waals surface area contributed by atoms with Gasteiger partial charge in [0.15, 0.2) is 0 Å². The van der Waals surface area contributed by atoms with Crippen LogP contribution in [0.2, 0.25) is 0 Å². The molecule has 0 saturated heterocycles. The molecule has 2 aliphatic rings. The van der Waals surface area contributed by atoms with Crippen LogP contribution in [0.15, 0.2) is 84.9 Å². The second-order valence-corrected chi connectivity index (χ2v) is 8.67. The first kappa shape index (κ1) is 16.6. The minimum absolute atomic E-state index is 0.00757. The van der Waals surface area contributed by atoms with Crippen molar-refractivity contribution in [1.29, 1.82) is 0 Å². The maximum Gasteiger partial charge on any atom is 0.0494 e. The van der Waals surface area contributed by atoms with Crippen LogP contribution in [0.25, 0.3) is 33.4 Å². The summed E-state index contributed by atoms with van der Waals surface area (Å²) < 4.78 is 0. The molecule has 140 valence electrons. The van der Waals surface area contributed by atoms with Crippen molar-refractivity contribution in [2.24, 2.45) is 0 Å². The molecule has 0 fully saturated rings. The minimum atomic E-state index is 0.00757. The lowest BCUT2D eigenvalue weighted by atomic mass is 9.81. The lowest BCUT2D eigenvalue weighted by Gasteiger charge is -2.25. The monoisotopic (exact) mass is 373 g/mol. The third-order valence-electron chi connectivity index (χ3n) is 6.84. The molecule has 4 aromatic rings. The number of hydrogen-bond acceptors (Lipinski definition) is 1. The SMILES string of the molecule is CN1c2ccccc2-c2ccccc2-c2c1ccc1c2-c2ccccc2C1(C)C. The summed E-state index contributed by atoms with van der Waals surface area (Å²) in [6.07, 6.45) is 0. The summed E-state index contributed by atoms with van der Waals surface area (Å²) >= 11 is 0. The van der Waals surface area contributed by atoms with Gasteiger partial charge in [0, 0.05) is 35.0 Å². The van der Waals surface area contributed by atoms with E-state index >= 15 is 0 Å². The van der Waals surface area contributed by atoms with E-state index in [4.69, 9.17) is 0 Å². The summed E-state index contributed by atoms with van der Waals surface area (Å²) in [5, 5.41) is 0. The largest absolute Gasteiger partial charge is 0.344 e. The maximum atomic E-state index is 2.36. The third-order valence-corrected chi connectivity index (χ3v) is 6.84. The number of nitrogens with zero attached hydrogens (tertiary/aromatic N) is 1. The summed E-state index contributed by atoms with van der Waals surface area (Å²) in [6.45, 7) is 4.70. The van der Waals surface area contributed by atoms with Gasteiger partial charge >= 0.3 is 0 Å². The van der Waals surface area contributed by atoms with Gasteiger partial charge in [0.25, 0.3) is 0 Å². The van der Waals surface area contributed by atoms with Gasteiger partial charge in [-0.25, -0.2) is 0 Å². The Labute approximate surface area is 172 Å². The van der Waals surface area contributed by atoms with E-state index in [2.05, 4.69) is 111 Å². The molecular formula is C28H23N. The van der Waals surface area contributed by atoms with E-state index in [1.54, 1.807) is 0 Å². The zero-order valence-electron chi connectivity index (χ0n) is 17.0. The van der Waals surface area contributed by atoms with Crippen molar-refractivity contribution >= 4 is 11.4 Å². The number of para-hydroxylation sites is 1. The average Bonchev–Trinajstić information content (AvgIpc) is 2.93. The highest BCUT2D eigenvalue weighted by atomic mass is 15.1. The van der Waals surface area contributed by atoms with Gasteiger partial charge in [-0.2, -0.15) is 0 Å². The molecule has 0 N–H and O–H groups in total. The molecule has 4 aromatic carbocycles. The third kappa shape index (κ3) is 2.05. The van der Waals surface area contributed by atoms with E-state index in [0.29, 0.717) is 0 Å². The van der Waals surface area contributed by atoms with Crippen molar-refractivity contribution in [3.8, 4) is 33.4 Å². The number of fused-ring (bicyclic) bond motifs is 9. The molecule has 0 spiro atoms. The average molecular weight is 373 g/mol. The number of rotatable bonds is 0. The van der Waals surface area contributed by atoms with Crippen molar-refractivity contribution in [2.75, 3.05) is 11.9 Å². The van der Waals surface area contributed by atoms with E-state index < -0.39 is 0 Å². The second-order valence-electron chi connectivity index (χ2n) is 8.67. The number of benzene rings is 4. The lowest BCUT2D eigenvalue weighted by molar-refractivity contribution is 0.660. The van der Waals surface area contributed by atoms with Gasteiger partial charge in [-0.3, -0.25) is 0 Å². The Morgan fingerprint density at radius 1 is 0.517 bits per heavy atom. The molecule has 1 aliphatic heterocycles. The Bertz CT molecular complexity index is 1300. The Morgan fingerprint density at radius 2 is 1.14 bits per heavy atom. The van der Waals surface area contributed by atoms with Gasteiger partial charge in [-0.15, -0.1) is 0 Å². The van der Waals surface area contributed by atoms with Crippen molar-refractivity contribution in [1.82, 2.24) is 0 Å². The first-order valence-corrected chi connectivity index (χ1v) is 10.3. The van der Waals surface area contributed by atoms with E-state index in [1.165, 1.54) is 55.9 Å². The number of anilines is 2. The van der Waals surface area contributed by atoms with Gasteiger partial charge in [-0.05, 0) is 45.5 Å². The van der Waals surface area contributed by atoms with Crippen LogP contribution in [0.3, 0.4) is 0 Å². The van der Waals surface area contributed by atoms with Crippen molar-refractivity contribution in [3.05, 3.63) is 96.1 Å². The quantitative estimate of drug-likeness (QED) is 0.310. The van der Waals surface area contributed by atoms with Crippen molar-refractivity contribution in [2.45, 2.75) is 19.3 Å². The molecule has 0 unspecified atom stereocenters. The minimum Gasteiger partial charge on any atom is -0.344 e. The van der Waals surface area contributed by atoms with Gasteiger partial charge in [0.2, 0.25) is 0 Å². The summed E-state index contributed by atoms with van der Waals surface area (Å²) in [5.41, 5.74) is 13.4. The Kier molecular flexibility index (Phi) is 3.21. The maximum absolute atomic E-state index is 2.36. The fourth-order valence-corrected chi connectivity index (χ4v) is 5.40. The Morgan fingerprint density at radius 3 is 1.93 bits per heavy atom. The van der Waals surface area contributed by atoms with Crippen molar-refractivity contribution < 1.29 is 0 Å². The number of hydrogen-bond donors (Lipinski definition) is 0. The molecule has 6 rings (SSSR count). The summed E-state index contributed by atoms with van der Waals surface area (Å²) in [6, 6.07) is 31.2. The second kappa shape index (κ2) is 5.61. The summed E-state index contributed by atoms with van der Waals surface area (Å²) in [7, 11) is 2.20. The highest BCUT2D eigenvalue weighted by Crippen LogP contribution is 2.57. The molecule has 0 saturated carbocycles. The van der Waals surface area contributed by atoms with Gasteiger partial charge in [0.1, 0.15) is 0 Å². The topological polar surface area (TPSA) is 3.24 Å². The predicted octanol–water partition coefficient (Wildman–Crippen LogP) is 7.41. The van der Waals surface area contributed by atoms with E-state index in [1.807, 2.05) is 0 Å². The Hall–Kier alpha value is -3.32. The van der Waals surface area contributed by atoms with Crippen LogP contribution in [0.5, 0.6) is 0 Å². The molecule has 1 nitrogen and oxygen atoms in total. The molecule has 0 bridgehead atoms. The molecule has 1 aliphatic carbocycles. The summed E-state index contributed by atoms with van der Waals surface area (Å²) in [5.74, 6) is 0. The van der Waals surface area contributed by atoms with Crippen molar-refractivity contribution in [3.63, 3.8) is 0 Å². The standard InChI is InChI=1S/C28H23N/c1-28(2)22-14-8-6-13-21(22)26-23(28)16-17-25-27(26)20-12-5-4-10-18(20)19-11-7-9-15-24(19)29(25)3/h4-17H,1-3H3. The normalized spacial score (nSPS) is 14.9. The highest BCUT2D eigenvalue weighted by molar-refractivity contribution is 6.06. The molecule has 0 aromatic heterocycles. The van der Waals surface area contributed by atoms with Gasteiger partial charge in [-0.1, -0.05) is 86.6 Å². The predicted molar refractivity (Wildman–Crippen MR) is 123 cm³/mol. The van der Waals surface area contributed by atoms with E-state index in [9.17, 15) is 0 Å². The fraction of sp³-hybridized carbons (Fsp3) is 0.143. The van der Waals surface area contributed by atoms with E-state index in [-0.39, 0.29) is 5.41 Å². The summed E-state index contributed by atoms with van der Waals surface area (Å²) in [4.78, 5) is 2.36. The first-order chi connectivity index (χ1) is 14.1. The van der Waals surface area contributed by atoms with Crippen LogP contribution in [0, 0.1) is 0 Å². The zero-order valence-corrected chi connectivity index (χ0v) is 17.0. The van der Waals surface area contributed by atoms with Crippen LogP contribution in [-0.2, 0) is 5.41 Å². The van der Waals surface area contributed by atoms with Gasteiger partial charge in [0.05, 0.1) is 0 Å². The lowest BCUT2D eigenvalue weighted by Crippen LogP contribution is -2.15. The van der Waals surface area contributed by atoms with Crippen LogP contribution in [0.1, 0.15) is 25.0 Å². The molecule has 0 amide bonds. The Balaban J connectivity index is 1.81. The molecule has 29 heavy (non-hydrogen) atoms. The molecule has 1 heterocycles. The van der Waals surface area contributed by atoms with Crippen LogP contribution < -0.4 is 4.90 Å². The molecule has 0 atom stereocenters. The van der Waals surface area contributed by atoms with Crippen LogP contribution in [-0.4, -0.2) is 7.05 Å². The first-order valence-electron chi connectivity index (χ1n) is 10.3. The highest BCUT2D eigenvalue weighted by Gasteiger charge is 2.38. The fourth-order valence-electron chi connectivity index (χ4n) is 5.40. The molecular weight excluding hydrogens is 350 g/mol. The molecule has 1 heteroatoms. The van der Waals surface area contributed by atoms with Gasteiger partial charge < -0.3 is 4.90 Å². The van der Waals surface area contributed by atoms with E-state index in [0.717, 1.165) is 0 Å². The molecule has 0 radical (unpaired) electrons.